The third-order valence-corrected chi connectivity index (χ3v) is 0. The van der Waals surface area contributed by atoms with Gasteiger partial charge in [-0.3, -0.25) is 0 Å². The van der Waals surface area contributed by atoms with Gasteiger partial charge in [0, 0.05) is 0 Å². The Labute approximate surface area is 57.5 Å². The molecule has 0 saturated heterocycles. The van der Waals surface area contributed by atoms with E-state index in [1.807, 2.05) is 0 Å². The fourth-order valence-electron chi connectivity index (χ4n) is 0. The van der Waals surface area contributed by atoms with Gasteiger partial charge in [0.05, 0.1) is 0 Å². The van der Waals surface area contributed by atoms with Crippen LogP contribution in [0.5, 0.6) is 0 Å². The van der Waals surface area contributed by atoms with Gasteiger partial charge >= 0.3 is 17.1 Å². The summed E-state index contributed by atoms with van der Waals surface area (Å²) in [6.07, 6.45) is 0. The maximum Gasteiger partial charge on any atom is 2.00 e. The predicted molar refractivity (Wildman–Crippen MR) is 18.1 cm³/mol. The van der Waals surface area contributed by atoms with Crippen molar-refractivity contribution in [1.29, 1.82) is 0 Å². The van der Waals surface area contributed by atoms with E-state index in [4.69, 9.17) is 0 Å². The second-order valence-corrected chi connectivity index (χ2v) is 0. The Morgan fingerprint density at radius 1 is 0.429 bits per heavy atom. The van der Waals surface area contributed by atoms with Crippen LogP contribution < -0.4 is 12.4 Å². The molecular formula is H10ClCuO5+. The van der Waals surface area contributed by atoms with Crippen molar-refractivity contribution in [2.45, 2.75) is 0 Å². The van der Waals surface area contributed by atoms with Crippen LogP contribution >= 0.6 is 0 Å². The minimum absolute atomic E-state index is 0. The summed E-state index contributed by atoms with van der Waals surface area (Å²) in [5.74, 6) is 0. The molecule has 10 N–H and O–H groups in total. The molecule has 0 aliphatic heterocycles. The molecule has 0 aromatic heterocycles. The van der Waals surface area contributed by atoms with Crippen LogP contribution in [0.15, 0.2) is 0 Å². The van der Waals surface area contributed by atoms with Crippen molar-refractivity contribution >= 4 is 0 Å². The first-order valence-corrected chi connectivity index (χ1v) is 0. The van der Waals surface area contributed by atoms with Gasteiger partial charge in [-0.25, -0.2) is 0 Å². The van der Waals surface area contributed by atoms with Crippen LogP contribution in [0.3, 0.4) is 0 Å². The van der Waals surface area contributed by atoms with Crippen molar-refractivity contribution < 1.29 is 56.9 Å². The molecule has 0 aliphatic carbocycles. The number of hydrogen-bond donors (Lipinski definition) is 0. The van der Waals surface area contributed by atoms with Gasteiger partial charge in [0.2, 0.25) is 0 Å². The molecule has 0 aromatic rings. The maximum atomic E-state index is 0. The van der Waals surface area contributed by atoms with Crippen molar-refractivity contribution in [3.05, 3.63) is 0 Å². The quantitative estimate of drug-likeness (QED) is 0.331. The molecule has 57 valence electrons. The molecule has 0 unspecified atom stereocenters. The summed E-state index contributed by atoms with van der Waals surface area (Å²) < 4.78 is 0. The molecule has 0 fully saturated rings. The van der Waals surface area contributed by atoms with Gasteiger partial charge in [-0.2, -0.15) is 0 Å². The minimum atomic E-state index is 0. The SMILES string of the molecule is O.O.O.O.O.[Cl-].[Cu+2]. The zero-order valence-electron chi connectivity index (χ0n) is 3.18. The van der Waals surface area contributed by atoms with Crippen LogP contribution in [0.1, 0.15) is 0 Å². The molecule has 0 aliphatic rings. The Morgan fingerprint density at radius 2 is 0.429 bits per heavy atom. The Balaban J connectivity index is 0. The molecule has 0 saturated carbocycles. The number of rotatable bonds is 0. The first-order valence-electron chi connectivity index (χ1n) is 0. The Hall–Kier alpha value is 0.609. The predicted octanol–water partition coefficient (Wildman–Crippen LogP) is -7.12. The first-order chi connectivity index (χ1) is 0. The summed E-state index contributed by atoms with van der Waals surface area (Å²) >= 11 is 0. The van der Waals surface area contributed by atoms with Gasteiger partial charge in [-0.05, 0) is 0 Å². The Bertz CT molecular complexity index is 8.04. The zero-order valence-corrected chi connectivity index (χ0v) is 4.88. The largest absolute Gasteiger partial charge is 2.00 e. The molecule has 5 nitrogen and oxygen atoms in total. The minimum Gasteiger partial charge on any atom is -1.00 e. The van der Waals surface area contributed by atoms with Crippen LogP contribution in [-0.2, 0) is 17.1 Å². The summed E-state index contributed by atoms with van der Waals surface area (Å²) in [4.78, 5) is 0. The molecule has 0 spiro atoms. The average Bonchev–Trinajstić information content (AvgIpc) is 0. The van der Waals surface area contributed by atoms with E-state index >= 15 is 0 Å². The topological polar surface area (TPSA) is 158 Å². The summed E-state index contributed by atoms with van der Waals surface area (Å²) in [6, 6.07) is 0. The zero-order chi connectivity index (χ0) is 0. The van der Waals surface area contributed by atoms with E-state index in [9.17, 15) is 0 Å². The van der Waals surface area contributed by atoms with Crippen LogP contribution in [0.25, 0.3) is 0 Å². The van der Waals surface area contributed by atoms with Gasteiger partial charge < -0.3 is 39.8 Å². The fraction of sp³-hybridized carbons (Fsp3) is 0. The van der Waals surface area contributed by atoms with Crippen molar-refractivity contribution in [1.82, 2.24) is 0 Å². The van der Waals surface area contributed by atoms with E-state index in [0.717, 1.165) is 0 Å². The summed E-state index contributed by atoms with van der Waals surface area (Å²) in [5.41, 5.74) is 0. The van der Waals surface area contributed by atoms with Crippen molar-refractivity contribution in [3.8, 4) is 0 Å². The van der Waals surface area contributed by atoms with Gasteiger partial charge in [-0.1, -0.05) is 0 Å². The van der Waals surface area contributed by atoms with E-state index < -0.39 is 0 Å². The maximum absolute atomic E-state index is 0. The van der Waals surface area contributed by atoms with Crippen LogP contribution in [0.4, 0.5) is 0 Å². The van der Waals surface area contributed by atoms with E-state index in [1.165, 1.54) is 0 Å². The number of hydrogen-bond acceptors (Lipinski definition) is 0. The second-order valence-electron chi connectivity index (χ2n) is 0. The molecular weight excluding hydrogens is 179 g/mol. The first kappa shape index (κ1) is 895. The van der Waals surface area contributed by atoms with Crippen molar-refractivity contribution in [3.63, 3.8) is 0 Å². The third-order valence-electron chi connectivity index (χ3n) is 0. The average molecular weight is 189 g/mol. The molecule has 0 aromatic carbocycles. The van der Waals surface area contributed by atoms with Crippen molar-refractivity contribution in [2.75, 3.05) is 0 Å². The van der Waals surface area contributed by atoms with Crippen LogP contribution in [0.2, 0.25) is 0 Å². The summed E-state index contributed by atoms with van der Waals surface area (Å²) in [5, 5.41) is 0. The van der Waals surface area contributed by atoms with E-state index in [-0.39, 0.29) is 56.9 Å². The standard InChI is InChI=1S/ClH.Cu.5H2O/h1H;;5*1H2/q;+2;;;;;/p-1. The second kappa shape index (κ2) is 560. The molecule has 0 rings (SSSR count). The van der Waals surface area contributed by atoms with Gasteiger partial charge in [0.25, 0.3) is 0 Å². The van der Waals surface area contributed by atoms with Crippen LogP contribution in [-0.4, -0.2) is 27.4 Å². The van der Waals surface area contributed by atoms with Crippen LogP contribution in [0, 0.1) is 0 Å². The molecule has 7 heavy (non-hydrogen) atoms. The Morgan fingerprint density at radius 3 is 0.429 bits per heavy atom. The fourth-order valence-corrected chi connectivity index (χ4v) is 0. The molecule has 0 amide bonds. The molecule has 7 heteroatoms. The summed E-state index contributed by atoms with van der Waals surface area (Å²) in [7, 11) is 0. The monoisotopic (exact) mass is 188 g/mol. The normalized spacial score (nSPS) is 0. The Kier molecular flexibility index (Phi) is 71600. The third kappa shape index (κ3) is 378. The van der Waals surface area contributed by atoms with E-state index in [2.05, 4.69) is 0 Å². The van der Waals surface area contributed by atoms with E-state index in [0.29, 0.717) is 0 Å². The molecule has 1 radical (unpaired) electrons. The van der Waals surface area contributed by atoms with Gasteiger partial charge in [-0.15, -0.1) is 0 Å². The van der Waals surface area contributed by atoms with Gasteiger partial charge in [0.15, 0.2) is 0 Å². The summed E-state index contributed by atoms with van der Waals surface area (Å²) in [6.45, 7) is 0. The van der Waals surface area contributed by atoms with Crippen molar-refractivity contribution in [2.24, 2.45) is 0 Å². The van der Waals surface area contributed by atoms with E-state index in [1.54, 1.807) is 0 Å². The molecule has 0 bridgehead atoms. The molecule has 0 heterocycles. The molecule has 0 atom stereocenters. The number of halogens is 1. The smallest absolute Gasteiger partial charge is 1.00 e. The van der Waals surface area contributed by atoms with Gasteiger partial charge in [0.1, 0.15) is 0 Å².